The third-order valence-electron chi connectivity index (χ3n) is 2.97. The summed E-state index contributed by atoms with van der Waals surface area (Å²) in [6.45, 7) is 0.502. The molecule has 0 saturated heterocycles. The van der Waals surface area contributed by atoms with E-state index in [1.807, 2.05) is 0 Å². The number of anilines is 2. The van der Waals surface area contributed by atoms with Crippen molar-refractivity contribution in [3.63, 3.8) is 0 Å². The van der Waals surface area contributed by atoms with Crippen molar-refractivity contribution in [3.8, 4) is 11.5 Å². The highest BCUT2D eigenvalue weighted by Crippen LogP contribution is 2.41. The van der Waals surface area contributed by atoms with Crippen molar-refractivity contribution in [1.29, 1.82) is 0 Å². The molecule has 1 aliphatic rings. The molecule has 23 heavy (non-hydrogen) atoms. The second-order valence-corrected chi connectivity index (χ2v) is 5.26. The Hall–Kier alpha value is -1.93. The minimum absolute atomic E-state index is 0.0495. The topological polar surface area (TPSA) is 47.5 Å². The van der Waals surface area contributed by atoms with Gasteiger partial charge in [-0.05, 0) is 23.7 Å². The van der Waals surface area contributed by atoms with Crippen LogP contribution in [0.3, 0.4) is 0 Å². The average molecular weight is 366 g/mol. The second-order valence-electron chi connectivity index (χ2n) is 4.49. The van der Waals surface area contributed by atoms with Gasteiger partial charge in [0.1, 0.15) is 6.61 Å². The molecule has 0 saturated carbocycles. The zero-order valence-electron chi connectivity index (χ0n) is 11.3. The van der Waals surface area contributed by atoms with E-state index in [-0.39, 0.29) is 35.0 Å². The van der Waals surface area contributed by atoms with Gasteiger partial charge in [0, 0.05) is 11.1 Å². The molecule has 0 aliphatic carbocycles. The number of hydrogen-bond donors (Lipinski definition) is 0. The van der Waals surface area contributed by atoms with Crippen LogP contribution >= 0.6 is 23.2 Å². The summed E-state index contributed by atoms with van der Waals surface area (Å²) in [4.78, 5) is 9.31. The zero-order valence-corrected chi connectivity index (χ0v) is 12.8. The molecule has 0 fully saturated rings. The van der Waals surface area contributed by atoms with Crippen LogP contribution in [-0.4, -0.2) is 29.5 Å². The molecule has 0 spiro atoms. The van der Waals surface area contributed by atoms with E-state index in [1.165, 1.54) is 23.2 Å². The first-order valence-corrected chi connectivity index (χ1v) is 7.07. The number of hydrogen-bond acceptors (Lipinski definition) is 5. The molecule has 0 radical (unpaired) electrons. The monoisotopic (exact) mass is 365 g/mol. The van der Waals surface area contributed by atoms with Crippen molar-refractivity contribution < 1.29 is 22.6 Å². The quantitative estimate of drug-likeness (QED) is 0.746. The molecule has 5 nitrogen and oxygen atoms in total. The molecule has 0 N–H and O–H groups in total. The molecule has 1 aromatic heterocycles. The Balaban J connectivity index is 2.08. The number of rotatable bonds is 2. The Bertz CT molecular complexity index is 743. The maximum Gasteiger partial charge on any atom is 0.573 e. The number of nitrogens with zero attached hydrogens (tertiary/aromatic N) is 3. The molecule has 0 unspecified atom stereocenters. The summed E-state index contributed by atoms with van der Waals surface area (Å²) in [7, 11) is 0. The SMILES string of the molecule is FC(F)(F)Oc1cc(Cl)ccc1N1CCOc2cnc(Cl)nc21. The van der Waals surface area contributed by atoms with Gasteiger partial charge in [-0.25, -0.2) is 4.98 Å². The van der Waals surface area contributed by atoms with Gasteiger partial charge in [0.2, 0.25) is 5.28 Å². The molecule has 2 heterocycles. The highest BCUT2D eigenvalue weighted by atomic mass is 35.5. The maximum atomic E-state index is 12.6. The summed E-state index contributed by atoms with van der Waals surface area (Å²) >= 11 is 11.5. The van der Waals surface area contributed by atoms with Gasteiger partial charge in [0.05, 0.1) is 18.4 Å². The summed E-state index contributed by atoms with van der Waals surface area (Å²) in [5.74, 6) is 0.131. The van der Waals surface area contributed by atoms with Crippen LogP contribution in [0.4, 0.5) is 24.7 Å². The summed E-state index contributed by atoms with van der Waals surface area (Å²) in [6, 6.07) is 3.95. The fourth-order valence-corrected chi connectivity index (χ4v) is 2.43. The van der Waals surface area contributed by atoms with Gasteiger partial charge in [-0.1, -0.05) is 11.6 Å². The van der Waals surface area contributed by atoms with Crippen LogP contribution in [0.2, 0.25) is 10.3 Å². The first-order chi connectivity index (χ1) is 10.8. The molecule has 122 valence electrons. The fraction of sp³-hybridized carbons (Fsp3) is 0.231. The van der Waals surface area contributed by atoms with Crippen LogP contribution in [0.1, 0.15) is 0 Å². The smallest absolute Gasteiger partial charge is 0.486 e. The first-order valence-electron chi connectivity index (χ1n) is 6.32. The molecule has 3 rings (SSSR count). The summed E-state index contributed by atoms with van der Waals surface area (Å²) < 4.78 is 47.3. The van der Waals surface area contributed by atoms with Gasteiger partial charge in [0.15, 0.2) is 17.3 Å². The largest absolute Gasteiger partial charge is 0.573 e. The summed E-state index contributed by atoms with van der Waals surface area (Å²) in [5, 5.41) is 0.0636. The molecule has 0 atom stereocenters. The van der Waals surface area contributed by atoms with Crippen molar-refractivity contribution in [3.05, 3.63) is 34.7 Å². The number of ether oxygens (including phenoxy) is 2. The third-order valence-corrected chi connectivity index (χ3v) is 3.39. The van der Waals surface area contributed by atoms with Gasteiger partial charge in [0.25, 0.3) is 0 Å². The van der Waals surface area contributed by atoms with E-state index in [9.17, 15) is 13.2 Å². The van der Waals surface area contributed by atoms with Crippen molar-refractivity contribution in [2.45, 2.75) is 6.36 Å². The lowest BCUT2D eigenvalue weighted by atomic mass is 10.2. The lowest BCUT2D eigenvalue weighted by Gasteiger charge is -2.31. The van der Waals surface area contributed by atoms with Crippen molar-refractivity contribution in [2.75, 3.05) is 18.1 Å². The third kappa shape index (κ3) is 3.53. The molecule has 10 heteroatoms. The molecule has 2 aromatic rings. The predicted molar refractivity (Wildman–Crippen MR) is 77.7 cm³/mol. The van der Waals surface area contributed by atoms with E-state index in [4.69, 9.17) is 27.9 Å². The van der Waals surface area contributed by atoms with E-state index < -0.39 is 12.1 Å². The zero-order chi connectivity index (χ0) is 16.6. The number of aromatic nitrogens is 2. The Morgan fingerprint density at radius 2 is 2.04 bits per heavy atom. The molecule has 0 bridgehead atoms. The summed E-state index contributed by atoms with van der Waals surface area (Å²) in [6.07, 6.45) is -3.49. The lowest BCUT2D eigenvalue weighted by molar-refractivity contribution is -0.274. The second kappa shape index (κ2) is 5.93. The lowest BCUT2D eigenvalue weighted by Crippen LogP contribution is -2.30. The van der Waals surface area contributed by atoms with E-state index in [1.54, 1.807) is 0 Å². The normalized spacial score (nSPS) is 14.2. The molecule has 0 amide bonds. The minimum Gasteiger partial charge on any atom is -0.486 e. The molecular weight excluding hydrogens is 358 g/mol. The number of halogens is 5. The van der Waals surface area contributed by atoms with Crippen LogP contribution in [0.15, 0.2) is 24.4 Å². The maximum absolute atomic E-state index is 12.6. The van der Waals surface area contributed by atoms with Crippen LogP contribution in [0.5, 0.6) is 11.5 Å². The van der Waals surface area contributed by atoms with E-state index in [0.717, 1.165) is 6.07 Å². The average Bonchev–Trinajstić information content (AvgIpc) is 2.45. The van der Waals surface area contributed by atoms with E-state index in [2.05, 4.69) is 14.7 Å². The Labute approximate surface area is 138 Å². The minimum atomic E-state index is -4.85. The van der Waals surface area contributed by atoms with Crippen molar-refractivity contribution >= 4 is 34.7 Å². The van der Waals surface area contributed by atoms with E-state index in [0.29, 0.717) is 5.75 Å². The van der Waals surface area contributed by atoms with Crippen molar-refractivity contribution in [2.24, 2.45) is 0 Å². The van der Waals surface area contributed by atoms with Crippen LogP contribution < -0.4 is 14.4 Å². The van der Waals surface area contributed by atoms with Gasteiger partial charge < -0.3 is 14.4 Å². The molecular formula is C13H8Cl2F3N3O2. The highest BCUT2D eigenvalue weighted by molar-refractivity contribution is 6.30. The number of alkyl halides is 3. The van der Waals surface area contributed by atoms with Crippen LogP contribution in [0.25, 0.3) is 0 Å². The molecule has 1 aliphatic heterocycles. The Morgan fingerprint density at radius 1 is 1.26 bits per heavy atom. The number of fused-ring (bicyclic) bond motifs is 1. The van der Waals surface area contributed by atoms with E-state index >= 15 is 0 Å². The van der Waals surface area contributed by atoms with Gasteiger partial charge in [-0.3, -0.25) is 0 Å². The van der Waals surface area contributed by atoms with Gasteiger partial charge in [-0.15, -0.1) is 13.2 Å². The highest BCUT2D eigenvalue weighted by Gasteiger charge is 2.34. The van der Waals surface area contributed by atoms with Crippen molar-refractivity contribution in [1.82, 2.24) is 9.97 Å². The van der Waals surface area contributed by atoms with Gasteiger partial charge in [-0.2, -0.15) is 4.98 Å². The summed E-state index contributed by atoms with van der Waals surface area (Å²) in [5.41, 5.74) is 0.144. The fourth-order valence-electron chi connectivity index (χ4n) is 2.14. The Morgan fingerprint density at radius 3 is 2.78 bits per heavy atom. The standard InChI is InChI=1S/C13H8Cl2F3N3O2/c14-7-1-2-8(9(5-7)23-13(16,17)18)21-3-4-22-10-6-19-12(15)20-11(10)21/h1-2,5-6H,3-4H2. The Kier molecular flexibility index (Phi) is 4.11. The predicted octanol–water partition coefficient (Wildman–Crippen LogP) is 4.21. The molecule has 1 aromatic carbocycles. The van der Waals surface area contributed by atoms with Crippen LogP contribution in [-0.2, 0) is 0 Å². The van der Waals surface area contributed by atoms with Gasteiger partial charge >= 0.3 is 6.36 Å². The first kappa shape index (κ1) is 15.9. The number of benzene rings is 1. The van der Waals surface area contributed by atoms with Crippen LogP contribution in [0, 0.1) is 0 Å².